The molecule has 3 unspecified atom stereocenters. The molecule has 0 N–H and O–H groups in total. The van der Waals surface area contributed by atoms with E-state index < -0.39 is 6.17 Å². The van der Waals surface area contributed by atoms with E-state index in [1.54, 1.807) is 11.0 Å². The molecule has 0 aromatic heterocycles. The van der Waals surface area contributed by atoms with Crippen LogP contribution >= 0.6 is 0 Å². The lowest BCUT2D eigenvalue weighted by Gasteiger charge is -2.31. The van der Waals surface area contributed by atoms with Gasteiger partial charge in [-0.05, 0) is 25.5 Å². The molecule has 3 atom stereocenters. The lowest BCUT2D eigenvalue weighted by molar-refractivity contribution is 0.0972. The van der Waals surface area contributed by atoms with Crippen LogP contribution in [0.3, 0.4) is 0 Å². The van der Waals surface area contributed by atoms with Crippen molar-refractivity contribution >= 4 is 6.09 Å². The van der Waals surface area contributed by atoms with E-state index in [2.05, 4.69) is 0 Å². The molecule has 2 saturated heterocycles. The largest absolute Gasteiger partial charge is 0.444 e. The van der Waals surface area contributed by atoms with Gasteiger partial charge >= 0.3 is 6.09 Å². The summed E-state index contributed by atoms with van der Waals surface area (Å²) in [6, 6.07) is 0. The van der Waals surface area contributed by atoms with Crippen molar-refractivity contribution in [3.63, 3.8) is 0 Å². The summed E-state index contributed by atoms with van der Waals surface area (Å²) in [5.74, 6) is 0. The Balaban J connectivity index is 1.70. The maximum Gasteiger partial charge on any atom is 0.414 e. The number of rotatable bonds is 8. The molecule has 0 bridgehead atoms. The zero-order valence-electron chi connectivity index (χ0n) is 14.2. The molecule has 0 aromatic rings. The molecule has 2 heterocycles. The molecule has 1 aliphatic carbocycles. The summed E-state index contributed by atoms with van der Waals surface area (Å²) in [6.45, 7) is 6.78. The second kappa shape index (κ2) is 7.53. The minimum absolute atomic E-state index is 0.0638. The fourth-order valence-corrected chi connectivity index (χ4v) is 3.06. The third-order valence-electron chi connectivity index (χ3n) is 4.51. The van der Waals surface area contributed by atoms with Gasteiger partial charge in [0.05, 0.1) is 25.5 Å². The van der Waals surface area contributed by atoms with Gasteiger partial charge in [0.1, 0.15) is 12.3 Å². The first-order chi connectivity index (χ1) is 11.6. The van der Waals surface area contributed by atoms with Crippen molar-refractivity contribution in [3.05, 3.63) is 23.5 Å². The number of nitrogens with zero attached hydrogens (tertiary/aromatic N) is 2. The Morgan fingerprint density at radius 3 is 2.79 bits per heavy atom. The normalized spacial score (nSPS) is 29.2. The van der Waals surface area contributed by atoms with Crippen molar-refractivity contribution in [3.8, 4) is 0 Å². The van der Waals surface area contributed by atoms with Crippen molar-refractivity contribution < 1.29 is 23.4 Å². The van der Waals surface area contributed by atoms with Crippen LogP contribution < -0.4 is 0 Å². The molecule has 24 heavy (non-hydrogen) atoms. The lowest BCUT2D eigenvalue weighted by Crippen LogP contribution is -2.36. The van der Waals surface area contributed by atoms with Crippen molar-refractivity contribution in [2.45, 2.75) is 45.2 Å². The number of hydrogen-bond acceptors (Lipinski definition) is 5. The Bertz CT molecular complexity index is 533. The smallest absolute Gasteiger partial charge is 0.414 e. The average Bonchev–Trinajstić information content (AvgIpc) is 3.34. The third kappa shape index (κ3) is 3.72. The molecular weight excluding hydrogens is 315 g/mol. The number of carbonyl (C=O) groups excluding carboxylic acids is 1. The highest BCUT2D eigenvalue weighted by Crippen LogP contribution is 2.32. The molecule has 6 nitrogen and oxygen atoms in total. The molecule has 2 aliphatic heterocycles. The number of allylic oxidation sites excluding steroid dienone is 4. The van der Waals surface area contributed by atoms with E-state index in [1.165, 1.54) is 0 Å². The second-order valence-corrected chi connectivity index (χ2v) is 6.12. The Labute approximate surface area is 141 Å². The second-order valence-electron chi connectivity index (χ2n) is 6.12. The lowest BCUT2D eigenvalue weighted by atomic mass is 10.0. The van der Waals surface area contributed by atoms with E-state index in [1.807, 2.05) is 24.8 Å². The Kier molecular flexibility index (Phi) is 5.40. The van der Waals surface area contributed by atoms with Gasteiger partial charge in [-0.2, -0.15) is 0 Å². The van der Waals surface area contributed by atoms with Crippen molar-refractivity contribution in [2.24, 2.45) is 0 Å². The van der Waals surface area contributed by atoms with Crippen LogP contribution in [0.2, 0.25) is 0 Å². The number of halogens is 1. The highest BCUT2D eigenvalue weighted by atomic mass is 19.1. The van der Waals surface area contributed by atoms with Gasteiger partial charge < -0.3 is 19.1 Å². The summed E-state index contributed by atoms with van der Waals surface area (Å²) >= 11 is 0. The van der Waals surface area contributed by atoms with E-state index in [4.69, 9.17) is 14.2 Å². The molecular formula is C17H25FN2O4. The van der Waals surface area contributed by atoms with Gasteiger partial charge in [-0.3, -0.25) is 4.90 Å². The number of amides is 1. The van der Waals surface area contributed by atoms with Crippen LogP contribution in [-0.2, 0) is 14.2 Å². The number of cyclic esters (lactones) is 1. The quantitative estimate of drug-likeness (QED) is 0.502. The van der Waals surface area contributed by atoms with Gasteiger partial charge in [-0.1, -0.05) is 6.92 Å². The number of hydrogen-bond donors (Lipinski definition) is 0. The predicted molar refractivity (Wildman–Crippen MR) is 85.9 cm³/mol. The Hall–Kier alpha value is -1.60. The van der Waals surface area contributed by atoms with Crippen molar-refractivity contribution in [1.29, 1.82) is 0 Å². The van der Waals surface area contributed by atoms with Crippen LogP contribution in [0, 0.1) is 0 Å². The maximum absolute atomic E-state index is 14.8. The first-order valence-corrected chi connectivity index (χ1v) is 8.63. The van der Waals surface area contributed by atoms with Gasteiger partial charge in [0.2, 0.25) is 0 Å². The molecule has 0 saturated carbocycles. The van der Waals surface area contributed by atoms with Crippen LogP contribution in [0.5, 0.6) is 0 Å². The summed E-state index contributed by atoms with van der Waals surface area (Å²) < 4.78 is 30.7. The molecule has 3 rings (SSSR count). The highest BCUT2D eigenvalue weighted by Gasteiger charge is 2.38. The van der Waals surface area contributed by atoms with Gasteiger partial charge in [0.25, 0.3) is 0 Å². The summed E-state index contributed by atoms with van der Waals surface area (Å²) in [4.78, 5) is 15.4. The fourth-order valence-electron chi connectivity index (χ4n) is 3.06. The topological polar surface area (TPSA) is 54.5 Å². The van der Waals surface area contributed by atoms with E-state index in [0.29, 0.717) is 44.3 Å². The first-order valence-electron chi connectivity index (χ1n) is 8.63. The fraction of sp³-hybridized carbons (Fsp3) is 0.706. The van der Waals surface area contributed by atoms with Crippen molar-refractivity contribution in [1.82, 2.24) is 9.80 Å². The molecule has 7 heteroatoms. The van der Waals surface area contributed by atoms with Crippen LogP contribution in [0.15, 0.2) is 23.5 Å². The molecule has 2 fully saturated rings. The zero-order chi connectivity index (χ0) is 17.1. The number of carbonyl (C=O) groups is 1. The van der Waals surface area contributed by atoms with Crippen molar-refractivity contribution in [2.75, 3.05) is 32.9 Å². The average molecular weight is 340 g/mol. The van der Waals surface area contributed by atoms with Crippen LogP contribution in [-0.4, -0.2) is 67.3 Å². The minimum atomic E-state index is -1.16. The zero-order valence-corrected chi connectivity index (χ0v) is 14.2. The van der Waals surface area contributed by atoms with Gasteiger partial charge in [-0.15, -0.1) is 0 Å². The number of ether oxygens (including phenoxy) is 3. The first kappa shape index (κ1) is 17.2. The van der Waals surface area contributed by atoms with Crippen LogP contribution in [0.25, 0.3) is 0 Å². The summed E-state index contributed by atoms with van der Waals surface area (Å²) in [6.07, 6.45) is 2.80. The van der Waals surface area contributed by atoms with E-state index >= 15 is 0 Å². The Morgan fingerprint density at radius 1 is 1.42 bits per heavy atom. The monoisotopic (exact) mass is 340 g/mol. The molecule has 0 radical (unpaired) electrons. The van der Waals surface area contributed by atoms with Gasteiger partial charge in [0.15, 0.2) is 6.23 Å². The molecule has 1 amide bonds. The van der Waals surface area contributed by atoms with E-state index in [-0.39, 0.29) is 24.8 Å². The third-order valence-corrected chi connectivity index (χ3v) is 4.51. The van der Waals surface area contributed by atoms with Crippen LogP contribution in [0.1, 0.15) is 26.7 Å². The van der Waals surface area contributed by atoms with E-state index in [0.717, 1.165) is 6.42 Å². The summed E-state index contributed by atoms with van der Waals surface area (Å²) in [5, 5.41) is 0. The molecule has 0 spiro atoms. The SMILES string of the molecule is CCOCCN(C1=CC=C(N2CC(CC)OC2=O)CC1F)C1CO1. The standard InChI is InChI=1S/C17H25FN2O4/c1-3-13-10-20(17(21)24-13)12-5-6-15(14(18)9-12)19(16-11-23-16)7-8-22-4-2/h5-6,13-14,16H,3-4,7-11H2,1-2H3. The summed E-state index contributed by atoms with van der Waals surface area (Å²) in [5.41, 5.74) is 1.27. The summed E-state index contributed by atoms with van der Waals surface area (Å²) in [7, 11) is 0. The molecule has 3 aliphatic rings. The number of alkyl halides is 1. The van der Waals surface area contributed by atoms with Gasteiger partial charge in [0, 0.05) is 25.3 Å². The molecule has 134 valence electrons. The van der Waals surface area contributed by atoms with Crippen LogP contribution in [0.4, 0.5) is 9.18 Å². The Morgan fingerprint density at radius 2 is 2.21 bits per heavy atom. The molecule has 0 aromatic carbocycles. The maximum atomic E-state index is 14.8. The number of epoxide rings is 1. The minimum Gasteiger partial charge on any atom is -0.444 e. The van der Waals surface area contributed by atoms with E-state index in [9.17, 15) is 9.18 Å². The predicted octanol–water partition coefficient (Wildman–Crippen LogP) is 2.42. The highest BCUT2D eigenvalue weighted by molar-refractivity contribution is 5.72. The van der Waals surface area contributed by atoms with Gasteiger partial charge in [-0.25, -0.2) is 9.18 Å².